The molecular formula is C22H25FN2O3. The second-order valence-electron chi connectivity index (χ2n) is 7.32. The number of aryl methyl sites for hydroxylation is 1. The summed E-state index contributed by atoms with van der Waals surface area (Å²) in [6.07, 6.45) is 2.75. The average Bonchev–Trinajstić information content (AvgIpc) is 3.07. The van der Waals surface area contributed by atoms with Crippen molar-refractivity contribution in [2.75, 3.05) is 31.6 Å². The van der Waals surface area contributed by atoms with Crippen molar-refractivity contribution in [3.05, 3.63) is 53.3 Å². The minimum atomic E-state index is -0.274. The molecule has 2 aliphatic rings. The van der Waals surface area contributed by atoms with Crippen molar-refractivity contribution in [1.29, 1.82) is 0 Å². The lowest BCUT2D eigenvalue weighted by atomic mass is 10.0. The van der Waals surface area contributed by atoms with Crippen LogP contribution >= 0.6 is 0 Å². The van der Waals surface area contributed by atoms with Gasteiger partial charge in [-0.05, 0) is 55.2 Å². The number of carbonyl (C=O) groups excluding carboxylic acids is 1. The molecule has 0 aromatic heterocycles. The highest BCUT2D eigenvalue weighted by Gasteiger charge is 2.30. The van der Waals surface area contributed by atoms with E-state index in [4.69, 9.17) is 9.47 Å². The summed E-state index contributed by atoms with van der Waals surface area (Å²) >= 11 is 0. The molecule has 2 heterocycles. The van der Waals surface area contributed by atoms with Gasteiger partial charge in [0.05, 0.1) is 25.8 Å². The van der Waals surface area contributed by atoms with Crippen LogP contribution in [0.2, 0.25) is 0 Å². The Bertz CT molecular complexity index is 871. The molecule has 2 aliphatic heterocycles. The lowest BCUT2D eigenvalue weighted by Gasteiger charge is -2.26. The predicted molar refractivity (Wildman–Crippen MR) is 105 cm³/mol. The van der Waals surface area contributed by atoms with Gasteiger partial charge >= 0.3 is 0 Å². The average molecular weight is 384 g/mol. The predicted octanol–water partition coefficient (Wildman–Crippen LogP) is 4.07. The van der Waals surface area contributed by atoms with Gasteiger partial charge in [-0.25, -0.2) is 4.39 Å². The molecule has 1 atom stereocenters. The van der Waals surface area contributed by atoms with E-state index < -0.39 is 0 Å². The van der Waals surface area contributed by atoms with E-state index in [1.807, 2.05) is 23.1 Å². The summed E-state index contributed by atoms with van der Waals surface area (Å²) in [5.41, 5.74) is 2.27. The van der Waals surface area contributed by atoms with Crippen molar-refractivity contribution >= 4 is 11.6 Å². The molecule has 0 saturated carbocycles. The smallest absolute Gasteiger partial charge is 0.242 e. The number of nitrogens with one attached hydrogen (secondary N) is 1. The van der Waals surface area contributed by atoms with Gasteiger partial charge in [-0.2, -0.15) is 0 Å². The van der Waals surface area contributed by atoms with Crippen LogP contribution in [0.1, 0.15) is 36.4 Å². The van der Waals surface area contributed by atoms with Crippen LogP contribution in [0.4, 0.5) is 10.1 Å². The molecule has 0 radical (unpaired) electrons. The van der Waals surface area contributed by atoms with Crippen LogP contribution in [0.3, 0.4) is 0 Å². The maximum atomic E-state index is 13.7. The number of anilines is 1. The molecule has 1 unspecified atom stereocenters. The molecule has 1 saturated heterocycles. The number of halogens is 1. The first-order chi connectivity index (χ1) is 13.6. The van der Waals surface area contributed by atoms with Crippen LogP contribution in [-0.4, -0.2) is 37.1 Å². The van der Waals surface area contributed by atoms with Gasteiger partial charge in [0.15, 0.2) is 11.5 Å². The summed E-state index contributed by atoms with van der Waals surface area (Å²) in [6.45, 7) is 3.88. The van der Waals surface area contributed by atoms with E-state index in [2.05, 4.69) is 5.32 Å². The fourth-order valence-electron chi connectivity index (χ4n) is 3.78. The first kappa shape index (κ1) is 18.6. The fraction of sp³-hybridized carbons (Fsp3) is 0.409. The van der Waals surface area contributed by atoms with Crippen molar-refractivity contribution in [1.82, 2.24) is 4.90 Å². The highest BCUT2D eigenvalue weighted by atomic mass is 19.1. The minimum Gasteiger partial charge on any atom is -0.490 e. The van der Waals surface area contributed by atoms with Crippen LogP contribution in [0.5, 0.6) is 11.5 Å². The van der Waals surface area contributed by atoms with Crippen molar-refractivity contribution in [2.24, 2.45) is 0 Å². The van der Waals surface area contributed by atoms with E-state index in [1.54, 1.807) is 19.1 Å². The molecule has 1 fully saturated rings. The van der Waals surface area contributed by atoms with E-state index in [-0.39, 0.29) is 24.3 Å². The van der Waals surface area contributed by atoms with Gasteiger partial charge in [0.25, 0.3) is 0 Å². The SMILES string of the molecule is Cc1ccc(NCC(=O)N2CCCC2c2ccc3c(c2)OCCCO3)cc1F. The van der Waals surface area contributed by atoms with Crippen LogP contribution in [0, 0.1) is 12.7 Å². The zero-order valence-corrected chi connectivity index (χ0v) is 16.0. The van der Waals surface area contributed by atoms with Gasteiger partial charge in [0.2, 0.25) is 5.91 Å². The quantitative estimate of drug-likeness (QED) is 0.863. The Kier molecular flexibility index (Phi) is 5.37. The lowest BCUT2D eigenvalue weighted by molar-refractivity contribution is -0.130. The topological polar surface area (TPSA) is 50.8 Å². The third-order valence-corrected chi connectivity index (χ3v) is 5.35. The maximum absolute atomic E-state index is 13.7. The monoisotopic (exact) mass is 384 g/mol. The Labute approximate surface area is 164 Å². The van der Waals surface area contributed by atoms with Crippen molar-refractivity contribution in [3.63, 3.8) is 0 Å². The van der Waals surface area contributed by atoms with Crippen LogP contribution in [-0.2, 0) is 4.79 Å². The Morgan fingerprint density at radius 2 is 1.96 bits per heavy atom. The van der Waals surface area contributed by atoms with E-state index in [1.165, 1.54) is 6.07 Å². The fourth-order valence-corrected chi connectivity index (χ4v) is 3.78. The number of hydrogen-bond donors (Lipinski definition) is 1. The summed E-state index contributed by atoms with van der Waals surface area (Å²) in [6, 6.07) is 10.9. The zero-order valence-electron chi connectivity index (χ0n) is 16.0. The Morgan fingerprint density at radius 3 is 2.79 bits per heavy atom. The van der Waals surface area contributed by atoms with Gasteiger partial charge in [0.1, 0.15) is 5.82 Å². The molecule has 4 rings (SSSR count). The van der Waals surface area contributed by atoms with Crippen LogP contribution in [0.25, 0.3) is 0 Å². The lowest BCUT2D eigenvalue weighted by Crippen LogP contribution is -2.35. The molecule has 0 bridgehead atoms. The Balaban J connectivity index is 1.44. The Hall–Kier alpha value is -2.76. The molecule has 28 heavy (non-hydrogen) atoms. The molecule has 0 spiro atoms. The number of likely N-dealkylation sites (tertiary alicyclic amines) is 1. The molecule has 1 N–H and O–H groups in total. The molecule has 2 aromatic rings. The number of nitrogens with zero attached hydrogens (tertiary/aromatic N) is 1. The number of fused-ring (bicyclic) bond motifs is 1. The maximum Gasteiger partial charge on any atom is 0.242 e. The van der Waals surface area contributed by atoms with Crippen molar-refractivity contribution < 1.29 is 18.7 Å². The summed E-state index contributed by atoms with van der Waals surface area (Å²) in [5.74, 6) is 1.25. The third kappa shape index (κ3) is 3.91. The van der Waals surface area contributed by atoms with Crippen molar-refractivity contribution in [3.8, 4) is 11.5 Å². The molecule has 0 aliphatic carbocycles. The van der Waals surface area contributed by atoms with Crippen molar-refractivity contribution in [2.45, 2.75) is 32.2 Å². The summed E-state index contributed by atoms with van der Waals surface area (Å²) in [5, 5.41) is 3.04. The second kappa shape index (κ2) is 8.09. The molecule has 6 heteroatoms. The molecule has 148 valence electrons. The number of amides is 1. The highest BCUT2D eigenvalue weighted by Crippen LogP contribution is 2.37. The number of benzene rings is 2. The summed E-state index contributed by atoms with van der Waals surface area (Å²) in [7, 11) is 0. The normalized spacial score (nSPS) is 18.6. The second-order valence-corrected chi connectivity index (χ2v) is 7.32. The van der Waals surface area contributed by atoms with E-state index in [9.17, 15) is 9.18 Å². The van der Waals surface area contributed by atoms with Gasteiger partial charge in [-0.3, -0.25) is 4.79 Å². The molecular weight excluding hydrogens is 359 g/mol. The number of rotatable bonds is 4. The molecule has 2 aromatic carbocycles. The van der Waals surface area contributed by atoms with Gasteiger partial charge in [-0.1, -0.05) is 12.1 Å². The van der Waals surface area contributed by atoms with Crippen LogP contribution in [0.15, 0.2) is 36.4 Å². The summed E-state index contributed by atoms with van der Waals surface area (Å²) in [4.78, 5) is 14.7. The van der Waals surface area contributed by atoms with Crippen LogP contribution < -0.4 is 14.8 Å². The largest absolute Gasteiger partial charge is 0.490 e. The zero-order chi connectivity index (χ0) is 19.5. The number of carbonyl (C=O) groups is 1. The van der Waals surface area contributed by atoms with E-state index in [0.29, 0.717) is 24.5 Å². The standard InChI is InChI=1S/C22H25FN2O3/c1-15-5-7-17(13-18(15)23)24-14-22(26)25-9-2-4-19(25)16-6-8-20-21(12-16)28-11-3-10-27-20/h5-8,12-13,19,24H,2-4,9-11,14H2,1H3. The molecule has 5 nitrogen and oxygen atoms in total. The van der Waals surface area contributed by atoms with Gasteiger partial charge in [0, 0.05) is 18.7 Å². The third-order valence-electron chi connectivity index (χ3n) is 5.35. The number of hydrogen-bond acceptors (Lipinski definition) is 4. The number of ether oxygens (including phenoxy) is 2. The minimum absolute atomic E-state index is 0.00981. The first-order valence-electron chi connectivity index (χ1n) is 9.81. The Morgan fingerprint density at radius 1 is 1.14 bits per heavy atom. The summed E-state index contributed by atoms with van der Waals surface area (Å²) < 4.78 is 25.2. The van der Waals surface area contributed by atoms with E-state index in [0.717, 1.165) is 42.9 Å². The highest BCUT2D eigenvalue weighted by molar-refractivity contribution is 5.81. The van der Waals surface area contributed by atoms with E-state index >= 15 is 0 Å². The van der Waals surface area contributed by atoms with Gasteiger partial charge < -0.3 is 19.7 Å². The first-order valence-corrected chi connectivity index (χ1v) is 9.81. The molecule has 1 amide bonds. The van der Waals surface area contributed by atoms with Gasteiger partial charge in [-0.15, -0.1) is 0 Å².